The molecule has 2 aliphatic heterocycles. The number of hydrogen-bond acceptors (Lipinski definition) is 10. The number of carboxylic acid groups (broad SMARTS) is 1. The van der Waals surface area contributed by atoms with Crippen molar-refractivity contribution in [3.05, 3.63) is 89.4 Å². The zero-order chi connectivity index (χ0) is 50.5. The van der Waals surface area contributed by atoms with E-state index >= 15 is 0 Å². The quantitative estimate of drug-likeness (QED) is 0.0547. The summed E-state index contributed by atoms with van der Waals surface area (Å²) in [6, 6.07) is 18.7. The van der Waals surface area contributed by atoms with Gasteiger partial charge in [0.05, 0.1) is 37.3 Å². The summed E-state index contributed by atoms with van der Waals surface area (Å²) in [4.78, 5) is 47.3. The number of fused-ring (bicyclic) bond motifs is 5. The third-order valence-corrected chi connectivity index (χ3v) is 15.9. The molecule has 12 nitrogen and oxygen atoms in total. The van der Waals surface area contributed by atoms with E-state index in [0.29, 0.717) is 44.0 Å². The average molecular weight is 1220 g/mol. The maximum absolute atomic E-state index is 13.7. The van der Waals surface area contributed by atoms with Gasteiger partial charge in [0.15, 0.2) is 6.29 Å². The normalized spacial score (nSPS) is 26.6. The predicted molar refractivity (Wildman–Crippen MR) is 278 cm³/mol. The maximum atomic E-state index is 13.7. The molecule has 7 rings (SSSR count). The fraction of sp³-hybridized carbons (Fsp3) is 0.678. The van der Waals surface area contributed by atoms with Gasteiger partial charge in [0.2, 0.25) is 5.91 Å². The number of ether oxygens (including phenoxy) is 5. The number of nitrogens with two attached hydrogens (primary N) is 1. The van der Waals surface area contributed by atoms with Gasteiger partial charge in [-0.1, -0.05) is 174 Å². The SMILES string of the molecule is C.CC1=C2[CH-]C(=O)C3(C)C(O)CC4OCC4C3CC(C[C@@H]1OC(=O)CCc1ccccc1)C2(C)C.CCCCCCCCCCCCCCCCCC1OCC(COC(=O)O)O1.NC(=O)c1ccccc1.[Ac]. The van der Waals surface area contributed by atoms with Gasteiger partial charge in [0.25, 0.3) is 0 Å². The molecular formula is C59H90AcNO11-. The number of aryl methyl sites for hydroxylation is 1. The number of amides is 1. The summed E-state index contributed by atoms with van der Waals surface area (Å²) in [5, 5.41) is 19.5. The van der Waals surface area contributed by atoms with E-state index in [9.17, 15) is 24.3 Å². The van der Waals surface area contributed by atoms with Crippen LogP contribution in [0.25, 0.3) is 0 Å². The molecule has 4 fully saturated rings. The summed E-state index contributed by atoms with van der Waals surface area (Å²) < 4.78 is 27.4. The van der Waals surface area contributed by atoms with Crippen LogP contribution in [0.15, 0.2) is 71.8 Å². The molecule has 9 atom stereocenters. The zero-order valence-electron chi connectivity index (χ0n) is 43.7. The molecule has 72 heavy (non-hydrogen) atoms. The van der Waals surface area contributed by atoms with Crippen LogP contribution in [0.5, 0.6) is 0 Å². The summed E-state index contributed by atoms with van der Waals surface area (Å²) in [6.45, 7) is 11.8. The molecule has 8 unspecified atom stereocenters. The van der Waals surface area contributed by atoms with Crippen LogP contribution in [-0.2, 0) is 39.7 Å². The van der Waals surface area contributed by atoms with Gasteiger partial charge in [-0.25, -0.2) is 4.79 Å². The van der Waals surface area contributed by atoms with E-state index in [1.807, 2.05) is 50.2 Å². The number of aliphatic hydroxyl groups excluding tert-OH is 1. The Kier molecular flexibility index (Phi) is 28.8. The molecule has 2 bridgehead atoms. The smallest absolute Gasteiger partial charge is 0.476 e. The number of unbranched alkanes of at least 4 members (excludes halogenated alkanes) is 14. The number of Topliss-reactive ketones (excluding diaryl/α,β-unsaturated/α-hetero) is 1. The van der Waals surface area contributed by atoms with E-state index in [0.717, 1.165) is 42.4 Å². The van der Waals surface area contributed by atoms with Crippen LogP contribution in [0, 0.1) is 79.1 Å². The number of ketones is 1. The van der Waals surface area contributed by atoms with Crippen molar-refractivity contribution in [2.75, 3.05) is 19.8 Å². The van der Waals surface area contributed by atoms with Crippen LogP contribution in [0.3, 0.4) is 0 Å². The average Bonchev–Trinajstić information content (AvgIpc) is 3.80. The second-order valence-corrected chi connectivity index (χ2v) is 21.2. The first-order chi connectivity index (χ1) is 33.6. The molecule has 1 radical (unpaired) electrons. The number of aliphatic hydroxyl groups is 1. The molecule has 0 aromatic heterocycles. The number of allylic oxidation sites excluding steroid dienone is 1. The van der Waals surface area contributed by atoms with Gasteiger partial charge in [0, 0.05) is 73.8 Å². The maximum Gasteiger partial charge on any atom is 0.505 e. The summed E-state index contributed by atoms with van der Waals surface area (Å²) in [5.41, 5.74) is 7.62. The minimum atomic E-state index is -1.26. The van der Waals surface area contributed by atoms with Gasteiger partial charge >= 0.3 is 12.1 Å². The largest absolute Gasteiger partial charge is 0.505 e. The van der Waals surface area contributed by atoms with E-state index in [4.69, 9.17) is 29.8 Å². The minimum absolute atomic E-state index is 0. The fourth-order valence-corrected chi connectivity index (χ4v) is 11.2. The zero-order valence-corrected chi connectivity index (χ0v) is 48.4. The Labute approximate surface area is 468 Å². The van der Waals surface area contributed by atoms with Gasteiger partial charge in [-0.05, 0) is 67.1 Å². The van der Waals surface area contributed by atoms with Gasteiger partial charge < -0.3 is 44.4 Å². The Bertz CT molecular complexity index is 1940. The number of hydrogen-bond donors (Lipinski definition) is 3. The summed E-state index contributed by atoms with van der Waals surface area (Å²) >= 11 is 0. The Morgan fingerprint density at radius 3 is 1.89 bits per heavy atom. The number of carbonyl (C=O) groups excluding carboxylic acids is 3. The third-order valence-electron chi connectivity index (χ3n) is 15.9. The first-order valence-corrected chi connectivity index (χ1v) is 26.8. The molecule has 2 saturated carbocycles. The van der Waals surface area contributed by atoms with E-state index in [1.165, 1.54) is 89.9 Å². The second-order valence-electron chi connectivity index (χ2n) is 21.2. The standard InChI is InChI=1S/C29H37O5.C22H42O5.C7H7NO.CH4.Ac/c1-17-21-14-25(30)29(4)22(20-16-33-24(20)15-26(29)31)12-19(28(21,2)3)13-23(17)34-27(32)11-10-18-8-6-5-7-9-18;1-2-3-4-5-6-7-8-9-10-11-12-13-14-15-16-17-21-25-18-20(27-21)19-26-22(23)24;8-7(9)6-4-2-1-3-5-6;;/h5-9,14,19-20,22-24,26,31H,10-13,15-16H2,1-4H3;20-21H,2-19H2,1H3,(H,23,24);1-5H,(H2,8,9);1H4;/q-1;;;;/t19?,20?,22?,23-,24?,26?,29?;;;;/m0..../s1. The van der Waals surface area contributed by atoms with Crippen LogP contribution in [0.2, 0.25) is 0 Å². The Morgan fingerprint density at radius 1 is 0.792 bits per heavy atom. The monoisotopic (exact) mass is 1220 g/mol. The number of esters is 1. The van der Waals surface area contributed by atoms with Crippen molar-refractivity contribution in [1.29, 1.82) is 0 Å². The molecule has 2 aromatic rings. The van der Waals surface area contributed by atoms with Crippen molar-refractivity contribution >= 4 is 23.8 Å². The van der Waals surface area contributed by atoms with E-state index in [-0.39, 0.29) is 118 Å². The molecule has 401 valence electrons. The molecule has 3 aliphatic carbocycles. The number of carbonyl (C=O) groups is 4. The number of benzene rings is 2. The fourth-order valence-electron chi connectivity index (χ4n) is 11.2. The Hall–Kier alpha value is -2.79. The van der Waals surface area contributed by atoms with Crippen molar-refractivity contribution in [1.82, 2.24) is 0 Å². The van der Waals surface area contributed by atoms with Crippen molar-refractivity contribution < 1.29 is 97.1 Å². The topological polar surface area (TPSA) is 181 Å². The van der Waals surface area contributed by atoms with E-state index in [1.54, 1.807) is 30.7 Å². The number of primary amides is 1. The predicted octanol–water partition coefficient (Wildman–Crippen LogP) is 12.6. The van der Waals surface area contributed by atoms with Crippen molar-refractivity contribution in [3.8, 4) is 0 Å². The van der Waals surface area contributed by atoms with E-state index < -0.39 is 17.7 Å². The first kappa shape index (κ1) is 63.5. The number of rotatable bonds is 23. The molecule has 5 aliphatic rings. The molecule has 0 spiro atoms. The molecular weight excluding hydrogens is 1130 g/mol. The molecule has 13 heteroatoms. The summed E-state index contributed by atoms with van der Waals surface area (Å²) in [5.74, 6) is 0.0559. The van der Waals surface area contributed by atoms with Crippen molar-refractivity contribution in [2.24, 2.45) is 34.3 Å². The Balaban J connectivity index is 0.000000322. The third kappa shape index (κ3) is 19.1. The van der Waals surface area contributed by atoms with Crippen LogP contribution in [0.4, 0.5) is 4.79 Å². The molecule has 2 saturated heterocycles. The molecule has 2 aromatic carbocycles. The van der Waals surface area contributed by atoms with Crippen molar-refractivity contribution in [2.45, 2.75) is 208 Å². The summed E-state index contributed by atoms with van der Waals surface area (Å²) in [7, 11) is 0. The van der Waals surface area contributed by atoms with Gasteiger partial charge in [-0.3, -0.25) is 9.59 Å². The Morgan fingerprint density at radius 2 is 1.36 bits per heavy atom. The minimum Gasteiger partial charge on any atom is -0.476 e. The van der Waals surface area contributed by atoms with Crippen LogP contribution >= 0.6 is 0 Å². The van der Waals surface area contributed by atoms with Gasteiger partial charge in [-0.2, -0.15) is 17.6 Å². The van der Waals surface area contributed by atoms with Crippen LogP contribution in [0.1, 0.15) is 186 Å². The van der Waals surface area contributed by atoms with E-state index in [2.05, 4.69) is 25.5 Å². The van der Waals surface area contributed by atoms with Crippen molar-refractivity contribution in [3.63, 3.8) is 0 Å². The van der Waals surface area contributed by atoms with Crippen LogP contribution < -0.4 is 5.73 Å². The molecule has 4 N–H and O–H groups in total. The first-order valence-electron chi connectivity index (χ1n) is 26.8. The van der Waals surface area contributed by atoms with Gasteiger partial charge in [-0.15, -0.1) is 6.92 Å². The molecule has 1 amide bonds. The van der Waals surface area contributed by atoms with Gasteiger partial charge in [0.1, 0.15) is 12.7 Å². The summed E-state index contributed by atoms with van der Waals surface area (Å²) in [6.07, 6.45) is 23.5. The second kappa shape index (κ2) is 32.6. The van der Waals surface area contributed by atoms with Crippen LogP contribution in [-0.4, -0.2) is 84.6 Å². The molecule has 2 heterocycles.